The van der Waals surface area contributed by atoms with Gasteiger partial charge in [0.2, 0.25) is 0 Å². The molecule has 27 heavy (non-hydrogen) atoms. The second-order valence-electron chi connectivity index (χ2n) is 5.52. The van der Waals surface area contributed by atoms with Crippen LogP contribution in [0.3, 0.4) is 0 Å². The van der Waals surface area contributed by atoms with E-state index in [-0.39, 0.29) is 12.4 Å². The standard InChI is InChI=1S/C19H15F2NO5/c20-19(21)27-15-7-5-14(6-8-15)22-17(23)11-26-18(24)13-9-12-3-1-2-4-16(12)25-10-13/h1-9,19H,10-11H2,(H,22,23). The second kappa shape index (κ2) is 8.31. The number of para-hydroxylation sites is 1. The summed E-state index contributed by atoms with van der Waals surface area (Å²) < 4.78 is 38.8. The van der Waals surface area contributed by atoms with Crippen LogP contribution in [-0.4, -0.2) is 31.7 Å². The number of esters is 1. The molecular weight excluding hydrogens is 360 g/mol. The minimum atomic E-state index is -2.92. The summed E-state index contributed by atoms with van der Waals surface area (Å²) in [5.41, 5.74) is 1.41. The number of anilines is 1. The number of hydrogen-bond donors (Lipinski definition) is 1. The van der Waals surface area contributed by atoms with Crippen LogP contribution in [-0.2, 0) is 14.3 Å². The molecule has 0 saturated carbocycles. The van der Waals surface area contributed by atoms with Gasteiger partial charge in [-0.15, -0.1) is 0 Å². The molecule has 3 rings (SSSR count). The summed E-state index contributed by atoms with van der Waals surface area (Å²) in [6.45, 7) is -3.36. The maximum atomic E-state index is 12.1. The minimum Gasteiger partial charge on any atom is -0.488 e. The van der Waals surface area contributed by atoms with E-state index in [0.29, 0.717) is 17.0 Å². The van der Waals surface area contributed by atoms with Crippen LogP contribution in [0.4, 0.5) is 14.5 Å². The molecule has 0 bridgehead atoms. The molecule has 0 fully saturated rings. The number of carbonyl (C=O) groups is 2. The molecule has 140 valence electrons. The summed E-state index contributed by atoms with van der Waals surface area (Å²) in [7, 11) is 0. The van der Waals surface area contributed by atoms with Crippen LogP contribution in [0.25, 0.3) is 6.08 Å². The zero-order valence-corrected chi connectivity index (χ0v) is 14.0. The molecule has 0 aliphatic carbocycles. The number of fused-ring (bicyclic) bond motifs is 1. The molecule has 0 saturated heterocycles. The Kier molecular flexibility index (Phi) is 5.65. The van der Waals surface area contributed by atoms with Gasteiger partial charge in [0.1, 0.15) is 18.1 Å². The molecule has 0 spiro atoms. The minimum absolute atomic E-state index is 0.0288. The fourth-order valence-corrected chi connectivity index (χ4v) is 2.37. The largest absolute Gasteiger partial charge is 0.488 e. The van der Waals surface area contributed by atoms with Gasteiger partial charge in [-0.1, -0.05) is 18.2 Å². The fraction of sp³-hybridized carbons (Fsp3) is 0.158. The lowest BCUT2D eigenvalue weighted by atomic mass is 10.1. The van der Waals surface area contributed by atoms with Crippen molar-refractivity contribution in [3.05, 3.63) is 59.7 Å². The van der Waals surface area contributed by atoms with Gasteiger partial charge >= 0.3 is 12.6 Å². The van der Waals surface area contributed by atoms with Gasteiger partial charge in [-0.3, -0.25) is 4.79 Å². The number of rotatable bonds is 6. The van der Waals surface area contributed by atoms with E-state index in [2.05, 4.69) is 10.1 Å². The lowest BCUT2D eigenvalue weighted by Crippen LogP contribution is -2.23. The van der Waals surface area contributed by atoms with Crippen LogP contribution in [0.1, 0.15) is 5.56 Å². The predicted octanol–water partition coefficient (Wildman–Crippen LogP) is 3.25. The van der Waals surface area contributed by atoms with Crippen LogP contribution in [0.15, 0.2) is 54.1 Å². The molecule has 1 amide bonds. The van der Waals surface area contributed by atoms with Crippen LogP contribution < -0.4 is 14.8 Å². The quantitative estimate of drug-likeness (QED) is 0.785. The second-order valence-corrected chi connectivity index (χ2v) is 5.52. The third-order valence-electron chi connectivity index (χ3n) is 3.59. The highest BCUT2D eigenvalue weighted by Gasteiger charge is 2.19. The molecule has 0 aromatic heterocycles. The summed E-state index contributed by atoms with van der Waals surface area (Å²) in [5.74, 6) is -0.575. The number of benzene rings is 2. The zero-order valence-electron chi connectivity index (χ0n) is 14.0. The summed E-state index contributed by atoms with van der Waals surface area (Å²) in [4.78, 5) is 23.9. The number of carbonyl (C=O) groups excluding carboxylic acids is 2. The molecule has 0 atom stereocenters. The maximum absolute atomic E-state index is 12.1. The van der Waals surface area contributed by atoms with Gasteiger partial charge in [0.25, 0.3) is 5.91 Å². The lowest BCUT2D eigenvalue weighted by molar-refractivity contribution is -0.143. The number of nitrogens with one attached hydrogen (secondary N) is 1. The Bertz CT molecular complexity index is 865. The first-order valence-electron chi connectivity index (χ1n) is 7.95. The third kappa shape index (κ3) is 5.04. The van der Waals surface area contributed by atoms with Crippen molar-refractivity contribution in [2.24, 2.45) is 0 Å². The Morgan fingerprint density at radius 2 is 1.85 bits per heavy atom. The number of amides is 1. The molecule has 8 heteroatoms. The van der Waals surface area contributed by atoms with Crippen LogP contribution in [0.2, 0.25) is 0 Å². The summed E-state index contributed by atoms with van der Waals surface area (Å²) in [6, 6.07) is 12.6. The Hall–Kier alpha value is -3.42. The Labute approximate surface area is 153 Å². The molecule has 1 aliphatic heterocycles. The van der Waals surface area contributed by atoms with Crippen molar-refractivity contribution in [1.82, 2.24) is 0 Å². The molecule has 6 nitrogen and oxygen atoms in total. The topological polar surface area (TPSA) is 73.9 Å². The van der Waals surface area contributed by atoms with Crippen molar-refractivity contribution in [1.29, 1.82) is 0 Å². The number of ether oxygens (including phenoxy) is 3. The normalized spacial score (nSPS) is 12.5. The fourth-order valence-electron chi connectivity index (χ4n) is 2.37. The van der Waals surface area contributed by atoms with Crippen molar-refractivity contribution in [2.45, 2.75) is 6.61 Å². The maximum Gasteiger partial charge on any atom is 0.387 e. The van der Waals surface area contributed by atoms with E-state index in [1.54, 1.807) is 18.2 Å². The highest BCUT2D eigenvalue weighted by molar-refractivity contribution is 5.98. The monoisotopic (exact) mass is 375 g/mol. The summed E-state index contributed by atoms with van der Waals surface area (Å²) >= 11 is 0. The molecule has 2 aromatic rings. The molecular formula is C19H15F2NO5. The molecule has 0 unspecified atom stereocenters. The van der Waals surface area contributed by atoms with Crippen molar-refractivity contribution in [3.8, 4) is 11.5 Å². The molecule has 0 radical (unpaired) electrons. The first kappa shape index (κ1) is 18.4. The van der Waals surface area contributed by atoms with E-state index in [1.807, 2.05) is 12.1 Å². The predicted molar refractivity (Wildman–Crippen MR) is 92.6 cm³/mol. The summed E-state index contributed by atoms with van der Waals surface area (Å²) in [6.07, 6.45) is 1.65. The first-order valence-corrected chi connectivity index (χ1v) is 7.95. The lowest BCUT2D eigenvalue weighted by Gasteiger charge is -2.16. The van der Waals surface area contributed by atoms with E-state index in [4.69, 9.17) is 9.47 Å². The third-order valence-corrected chi connectivity index (χ3v) is 3.59. The Morgan fingerprint density at radius 1 is 1.11 bits per heavy atom. The van der Waals surface area contributed by atoms with Crippen molar-refractivity contribution in [2.75, 3.05) is 18.5 Å². The summed E-state index contributed by atoms with van der Waals surface area (Å²) in [5, 5.41) is 2.49. The van der Waals surface area contributed by atoms with Crippen LogP contribution in [0, 0.1) is 0 Å². The number of hydrogen-bond acceptors (Lipinski definition) is 5. The van der Waals surface area contributed by atoms with E-state index in [0.717, 1.165) is 5.56 Å². The van der Waals surface area contributed by atoms with Gasteiger partial charge in [-0.05, 0) is 36.4 Å². The van der Waals surface area contributed by atoms with Gasteiger partial charge in [-0.25, -0.2) is 4.79 Å². The Morgan fingerprint density at radius 3 is 2.59 bits per heavy atom. The number of halogens is 2. The molecule has 1 N–H and O–H groups in total. The van der Waals surface area contributed by atoms with Gasteiger partial charge in [-0.2, -0.15) is 8.78 Å². The van der Waals surface area contributed by atoms with Gasteiger partial charge < -0.3 is 19.5 Å². The number of alkyl halides is 2. The van der Waals surface area contributed by atoms with E-state index < -0.39 is 25.1 Å². The first-order chi connectivity index (χ1) is 13.0. The Balaban J connectivity index is 1.50. The van der Waals surface area contributed by atoms with E-state index in [1.165, 1.54) is 24.3 Å². The van der Waals surface area contributed by atoms with Gasteiger partial charge in [0.05, 0.1) is 5.57 Å². The highest BCUT2D eigenvalue weighted by atomic mass is 19.3. The van der Waals surface area contributed by atoms with Crippen molar-refractivity contribution >= 4 is 23.6 Å². The smallest absolute Gasteiger partial charge is 0.387 e. The molecule has 1 heterocycles. The van der Waals surface area contributed by atoms with Crippen LogP contribution in [0.5, 0.6) is 11.5 Å². The van der Waals surface area contributed by atoms with Crippen LogP contribution >= 0.6 is 0 Å². The van der Waals surface area contributed by atoms with Crippen molar-refractivity contribution in [3.63, 3.8) is 0 Å². The van der Waals surface area contributed by atoms with Crippen molar-refractivity contribution < 1.29 is 32.6 Å². The average Bonchev–Trinajstić information content (AvgIpc) is 2.67. The van der Waals surface area contributed by atoms with Gasteiger partial charge in [0.15, 0.2) is 6.61 Å². The zero-order chi connectivity index (χ0) is 19.2. The van der Waals surface area contributed by atoms with E-state index >= 15 is 0 Å². The molecule has 1 aliphatic rings. The van der Waals surface area contributed by atoms with Gasteiger partial charge in [0, 0.05) is 11.3 Å². The average molecular weight is 375 g/mol. The molecule has 2 aromatic carbocycles. The van der Waals surface area contributed by atoms with E-state index in [9.17, 15) is 18.4 Å². The highest BCUT2D eigenvalue weighted by Crippen LogP contribution is 2.26. The SMILES string of the molecule is O=C(COC(=O)C1=Cc2ccccc2OC1)Nc1ccc(OC(F)F)cc1.